The van der Waals surface area contributed by atoms with Crippen molar-refractivity contribution >= 4 is 22.9 Å². The molecule has 0 spiro atoms. The maximum absolute atomic E-state index is 12.6. The number of nitrogens with one attached hydrogen (secondary N) is 3. The van der Waals surface area contributed by atoms with Crippen molar-refractivity contribution in [2.75, 3.05) is 5.32 Å². The Bertz CT molecular complexity index is 862. The molecule has 25 heavy (non-hydrogen) atoms. The number of carbonyl (C=O) groups is 1. The predicted molar refractivity (Wildman–Crippen MR) is 102 cm³/mol. The van der Waals surface area contributed by atoms with Crippen molar-refractivity contribution in [1.82, 2.24) is 15.5 Å². The summed E-state index contributed by atoms with van der Waals surface area (Å²) < 4.78 is 0. The normalized spacial score (nSPS) is 10.7. The summed E-state index contributed by atoms with van der Waals surface area (Å²) in [6.07, 6.45) is 0. The topological polar surface area (TPSA) is 69.8 Å². The minimum atomic E-state index is -0.0917. The lowest BCUT2D eigenvalue weighted by Gasteiger charge is -2.12. The largest absolute Gasteiger partial charge is 0.379 e. The standard InChI is InChI=1S/C19H22N4OS/c1-12-8-9-25-18(12)11-20-17-7-5-4-6-15(17)19(24)21-10-16-13(2)22-23-14(16)3/h4-9,20H,10-11H2,1-3H3,(H,21,24)(H,22,23). The SMILES string of the molecule is Cc1ccsc1CNc1ccccc1C(=O)NCc1c(C)n[nH]c1C. The Morgan fingerprint density at radius 2 is 1.96 bits per heavy atom. The highest BCUT2D eigenvalue weighted by molar-refractivity contribution is 7.10. The van der Waals surface area contributed by atoms with Crippen LogP contribution in [0.2, 0.25) is 0 Å². The average molecular weight is 354 g/mol. The van der Waals surface area contributed by atoms with Crippen LogP contribution in [0.15, 0.2) is 35.7 Å². The highest BCUT2D eigenvalue weighted by Gasteiger charge is 2.13. The molecule has 0 unspecified atom stereocenters. The Hall–Kier alpha value is -2.60. The van der Waals surface area contributed by atoms with Gasteiger partial charge in [-0.05, 0) is 49.9 Å². The van der Waals surface area contributed by atoms with Crippen LogP contribution in [-0.4, -0.2) is 16.1 Å². The molecule has 0 atom stereocenters. The molecule has 0 aliphatic rings. The van der Waals surface area contributed by atoms with Gasteiger partial charge in [-0.3, -0.25) is 9.89 Å². The van der Waals surface area contributed by atoms with Crippen molar-refractivity contribution in [3.63, 3.8) is 0 Å². The third kappa shape index (κ3) is 3.91. The summed E-state index contributed by atoms with van der Waals surface area (Å²) in [5, 5.41) is 15.6. The fourth-order valence-corrected chi connectivity index (χ4v) is 3.54. The number of H-pyrrole nitrogens is 1. The summed E-state index contributed by atoms with van der Waals surface area (Å²) in [7, 11) is 0. The molecular weight excluding hydrogens is 332 g/mol. The van der Waals surface area contributed by atoms with Crippen LogP contribution in [0.4, 0.5) is 5.69 Å². The molecule has 130 valence electrons. The summed E-state index contributed by atoms with van der Waals surface area (Å²) in [4.78, 5) is 13.9. The first-order valence-electron chi connectivity index (χ1n) is 8.20. The quantitative estimate of drug-likeness (QED) is 0.628. The lowest BCUT2D eigenvalue weighted by atomic mass is 10.1. The number of aryl methyl sites for hydroxylation is 3. The van der Waals surface area contributed by atoms with Crippen LogP contribution < -0.4 is 10.6 Å². The first-order valence-corrected chi connectivity index (χ1v) is 9.08. The van der Waals surface area contributed by atoms with Gasteiger partial charge in [0.25, 0.3) is 5.91 Å². The number of amides is 1. The number of rotatable bonds is 6. The summed E-state index contributed by atoms with van der Waals surface area (Å²) in [6.45, 7) is 7.17. The number of nitrogens with zero attached hydrogens (tertiary/aromatic N) is 1. The zero-order valence-corrected chi connectivity index (χ0v) is 15.5. The van der Waals surface area contributed by atoms with Crippen LogP contribution in [0.3, 0.4) is 0 Å². The van der Waals surface area contributed by atoms with E-state index in [9.17, 15) is 4.79 Å². The minimum Gasteiger partial charge on any atom is -0.379 e. The van der Waals surface area contributed by atoms with Crippen LogP contribution in [0.1, 0.15) is 37.7 Å². The number of benzene rings is 1. The molecule has 3 aromatic rings. The summed E-state index contributed by atoms with van der Waals surface area (Å²) in [5.41, 5.74) is 5.69. The fraction of sp³-hybridized carbons (Fsp3) is 0.263. The zero-order valence-electron chi connectivity index (χ0n) is 14.6. The van der Waals surface area contributed by atoms with E-state index in [1.807, 2.05) is 38.1 Å². The van der Waals surface area contributed by atoms with Gasteiger partial charge in [-0.1, -0.05) is 12.1 Å². The summed E-state index contributed by atoms with van der Waals surface area (Å²) in [5.74, 6) is -0.0917. The number of carbonyl (C=O) groups excluding carboxylic acids is 1. The number of anilines is 1. The Labute approximate surface area is 151 Å². The number of hydrogen-bond acceptors (Lipinski definition) is 4. The van der Waals surface area contributed by atoms with Crippen molar-refractivity contribution in [2.45, 2.75) is 33.9 Å². The van der Waals surface area contributed by atoms with E-state index in [0.717, 1.165) is 22.6 Å². The number of para-hydroxylation sites is 1. The third-order valence-electron chi connectivity index (χ3n) is 4.29. The zero-order chi connectivity index (χ0) is 17.8. The predicted octanol–water partition coefficient (Wildman–Crippen LogP) is 3.94. The molecule has 1 amide bonds. The Morgan fingerprint density at radius 3 is 2.64 bits per heavy atom. The molecule has 6 heteroatoms. The van der Waals surface area contributed by atoms with Gasteiger partial charge in [0.15, 0.2) is 0 Å². The van der Waals surface area contributed by atoms with Crippen molar-refractivity contribution in [2.24, 2.45) is 0 Å². The number of hydrogen-bond donors (Lipinski definition) is 3. The molecule has 0 fully saturated rings. The lowest BCUT2D eigenvalue weighted by molar-refractivity contribution is 0.0951. The van der Waals surface area contributed by atoms with E-state index in [0.29, 0.717) is 18.7 Å². The van der Waals surface area contributed by atoms with Crippen LogP contribution in [0, 0.1) is 20.8 Å². The Kier molecular flexibility index (Phi) is 5.19. The van der Waals surface area contributed by atoms with Gasteiger partial charge < -0.3 is 10.6 Å². The lowest BCUT2D eigenvalue weighted by Crippen LogP contribution is -2.24. The van der Waals surface area contributed by atoms with Gasteiger partial charge in [0.2, 0.25) is 0 Å². The molecule has 5 nitrogen and oxygen atoms in total. The van der Waals surface area contributed by atoms with Crippen molar-refractivity contribution in [3.05, 3.63) is 68.7 Å². The van der Waals surface area contributed by atoms with E-state index in [1.165, 1.54) is 10.4 Å². The smallest absolute Gasteiger partial charge is 0.253 e. The molecule has 0 bridgehead atoms. The molecule has 2 aromatic heterocycles. The third-order valence-corrected chi connectivity index (χ3v) is 5.31. The first-order chi connectivity index (χ1) is 12.1. The van der Waals surface area contributed by atoms with E-state index in [4.69, 9.17) is 0 Å². The average Bonchev–Trinajstić information content (AvgIpc) is 3.16. The maximum atomic E-state index is 12.6. The maximum Gasteiger partial charge on any atom is 0.253 e. The van der Waals surface area contributed by atoms with Gasteiger partial charge >= 0.3 is 0 Å². The van der Waals surface area contributed by atoms with Gasteiger partial charge in [0.1, 0.15) is 0 Å². The molecule has 1 aromatic carbocycles. The second-order valence-electron chi connectivity index (χ2n) is 6.02. The van der Waals surface area contributed by atoms with Crippen molar-refractivity contribution < 1.29 is 4.79 Å². The van der Waals surface area contributed by atoms with Gasteiger partial charge in [-0.15, -0.1) is 11.3 Å². The van der Waals surface area contributed by atoms with Gasteiger partial charge in [0, 0.05) is 34.9 Å². The van der Waals surface area contributed by atoms with Gasteiger partial charge in [0.05, 0.1) is 11.3 Å². The second kappa shape index (κ2) is 7.53. The molecule has 0 aliphatic heterocycles. The highest BCUT2D eigenvalue weighted by atomic mass is 32.1. The summed E-state index contributed by atoms with van der Waals surface area (Å²) >= 11 is 1.72. The molecule has 0 aliphatic carbocycles. The number of aromatic nitrogens is 2. The van der Waals surface area contributed by atoms with Gasteiger partial charge in [-0.2, -0.15) is 5.10 Å². The molecule has 3 rings (SSSR count). The van der Waals surface area contributed by atoms with E-state index < -0.39 is 0 Å². The van der Waals surface area contributed by atoms with Crippen LogP contribution in [0.25, 0.3) is 0 Å². The van der Waals surface area contributed by atoms with Crippen LogP contribution in [0.5, 0.6) is 0 Å². The fourth-order valence-electron chi connectivity index (χ4n) is 2.69. The van der Waals surface area contributed by atoms with Crippen molar-refractivity contribution in [1.29, 1.82) is 0 Å². The van der Waals surface area contributed by atoms with Crippen molar-refractivity contribution in [3.8, 4) is 0 Å². The van der Waals surface area contributed by atoms with E-state index in [1.54, 1.807) is 11.3 Å². The Balaban J connectivity index is 1.69. The molecule has 0 saturated carbocycles. The van der Waals surface area contributed by atoms with Crippen LogP contribution in [-0.2, 0) is 13.1 Å². The molecule has 0 saturated heterocycles. The van der Waals surface area contributed by atoms with E-state index in [2.05, 4.69) is 39.2 Å². The summed E-state index contributed by atoms with van der Waals surface area (Å²) in [6, 6.07) is 9.70. The molecule has 2 heterocycles. The number of aromatic amines is 1. The Morgan fingerprint density at radius 1 is 1.16 bits per heavy atom. The monoisotopic (exact) mass is 354 g/mol. The molecule has 0 radical (unpaired) electrons. The number of thiophene rings is 1. The van der Waals surface area contributed by atoms with Gasteiger partial charge in [-0.25, -0.2) is 0 Å². The highest BCUT2D eigenvalue weighted by Crippen LogP contribution is 2.20. The van der Waals surface area contributed by atoms with Crippen LogP contribution >= 0.6 is 11.3 Å². The minimum absolute atomic E-state index is 0.0917. The second-order valence-corrected chi connectivity index (χ2v) is 7.02. The first kappa shape index (κ1) is 17.2. The molecular formula is C19H22N4OS. The van der Waals surface area contributed by atoms with E-state index in [-0.39, 0.29) is 5.91 Å². The molecule has 3 N–H and O–H groups in total. The van der Waals surface area contributed by atoms with E-state index >= 15 is 0 Å².